The first-order chi connectivity index (χ1) is 7.79. The average molecular weight is 224 g/mol. The fourth-order valence-corrected chi connectivity index (χ4v) is 3.44. The zero-order valence-corrected chi connectivity index (χ0v) is 11.1. The topological polar surface area (TPSA) is 15.3 Å². The SMILES string of the molecule is CCCN(CC1(CNC)CCCC1)C1CC1. The second-order valence-corrected chi connectivity index (χ2v) is 5.94. The Labute approximate surface area is 101 Å². The summed E-state index contributed by atoms with van der Waals surface area (Å²) in [5.41, 5.74) is 0.604. The highest BCUT2D eigenvalue weighted by atomic mass is 15.2. The van der Waals surface area contributed by atoms with Gasteiger partial charge >= 0.3 is 0 Å². The summed E-state index contributed by atoms with van der Waals surface area (Å²) in [5, 5.41) is 3.43. The lowest BCUT2D eigenvalue weighted by Crippen LogP contribution is -2.43. The number of nitrogens with one attached hydrogen (secondary N) is 1. The van der Waals surface area contributed by atoms with Crippen LogP contribution in [0.5, 0.6) is 0 Å². The van der Waals surface area contributed by atoms with Gasteiger partial charge in [-0.15, -0.1) is 0 Å². The van der Waals surface area contributed by atoms with Gasteiger partial charge in [-0.05, 0) is 51.1 Å². The molecule has 0 aromatic carbocycles. The van der Waals surface area contributed by atoms with Crippen molar-refractivity contribution in [1.29, 1.82) is 0 Å². The van der Waals surface area contributed by atoms with Crippen molar-refractivity contribution in [1.82, 2.24) is 10.2 Å². The molecule has 2 fully saturated rings. The Morgan fingerprint density at radius 2 is 1.94 bits per heavy atom. The molecule has 0 saturated heterocycles. The highest BCUT2D eigenvalue weighted by Gasteiger charge is 2.38. The normalized spacial score (nSPS) is 24.2. The first kappa shape index (κ1) is 12.4. The van der Waals surface area contributed by atoms with Crippen molar-refractivity contribution in [3.63, 3.8) is 0 Å². The minimum absolute atomic E-state index is 0.604. The molecule has 0 aromatic rings. The van der Waals surface area contributed by atoms with E-state index < -0.39 is 0 Å². The molecular weight excluding hydrogens is 196 g/mol. The summed E-state index contributed by atoms with van der Waals surface area (Å²) >= 11 is 0. The first-order valence-corrected chi connectivity index (χ1v) is 7.18. The molecule has 2 rings (SSSR count). The molecule has 0 amide bonds. The van der Waals surface area contributed by atoms with Gasteiger partial charge in [0, 0.05) is 19.1 Å². The lowest BCUT2D eigenvalue weighted by Gasteiger charge is -2.35. The molecule has 0 aromatic heterocycles. The standard InChI is InChI=1S/C14H28N2/c1-3-10-16(13-6-7-13)12-14(11-15-2)8-4-5-9-14/h13,15H,3-12H2,1-2H3. The van der Waals surface area contributed by atoms with Crippen LogP contribution in [-0.4, -0.2) is 37.6 Å². The Balaban J connectivity index is 1.91. The van der Waals surface area contributed by atoms with E-state index in [1.807, 2.05) is 0 Å². The smallest absolute Gasteiger partial charge is 0.00966 e. The zero-order valence-electron chi connectivity index (χ0n) is 11.1. The second-order valence-electron chi connectivity index (χ2n) is 5.94. The minimum atomic E-state index is 0.604. The van der Waals surface area contributed by atoms with Crippen LogP contribution in [0, 0.1) is 5.41 Å². The number of hydrogen-bond donors (Lipinski definition) is 1. The lowest BCUT2D eigenvalue weighted by atomic mass is 9.85. The van der Waals surface area contributed by atoms with Crippen LogP contribution in [-0.2, 0) is 0 Å². The highest BCUT2D eigenvalue weighted by Crippen LogP contribution is 2.40. The Kier molecular flexibility index (Phi) is 4.26. The van der Waals surface area contributed by atoms with Crippen molar-refractivity contribution in [2.45, 2.75) is 57.9 Å². The Morgan fingerprint density at radius 1 is 1.25 bits per heavy atom. The predicted octanol–water partition coefficient (Wildman–Crippen LogP) is 2.64. The van der Waals surface area contributed by atoms with Crippen molar-refractivity contribution in [3.8, 4) is 0 Å². The Hall–Kier alpha value is -0.0800. The summed E-state index contributed by atoms with van der Waals surface area (Å²) in [6.45, 7) is 6.21. The van der Waals surface area contributed by atoms with Gasteiger partial charge in [0.1, 0.15) is 0 Å². The van der Waals surface area contributed by atoms with Crippen molar-refractivity contribution in [3.05, 3.63) is 0 Å². The van der Waals surface area contributed by atoms with Gasteiger partial charge in [-0.1, -0.05) is 19.8 Å². The molecular formula is C14H28N2. The number of nitrogens with zero attached hydrogens (tertiary/aromatic N) is 1. The molecule has 1 N–H and O–H groups in total. The van der Waals surface area contributed by atoms with Gasteiger partial charge in [-0.3, -0.25) is 4.90 Å². The zero-order chi connectivity index (χ0) is 11.4. The second kappa shape index (κ2) is 5.50. The molecule has 0 spiro atoms. The largest absolute Gasteiger partial charge is 0.319 e. The van der Waals surface area contributed by atoms with Crippen LogP contribution in [0.25, 0.3) is 0 Å². The summed E-state index contributed by atoms with van der Waals surface area (Å²) in [6.07, 6.45) is 10.0. The van der Waals surface area contributed by atoms with Crippen molar-refractivity contribution >= 4 is 0 Å². The monoisotopic (exact) mass is 224 g/mol. The van der Waals surface area contributed by atoms with E-state index in [4.69, 9.17) is 0 Å². The van der Waals surface area contributed by atoms with Crippen molar-refractivity contribution in [2.24, 2.45) is 5.41 Å². The first-order valence-electron chi connectivity index (χ1n) is 7.18. The van der Waals surface area contributed by atoms with E-state index in [-0.39, 0.29) is 0 Å². The molecule has 2 aliphatic carbocycles. The van der Waals surface area contributed by atoms with Crippen LogP contribution >= 0.6 is 0 Å². The molecule has 2 saturated carbocycles. The molecule has 16 heavy (non-hydrogen) atoms. The van der Waals surface area contributed by atoms with Gasteiger partial charge in [0.15, 0.2) is 0 Å². The Morgan fingerprint density at radius 3 is 2.44 bits per heavy atom. The minimum Gasteiger partial charge on any atom is -0.319 e. The molecule has 0 bridgehead atoms. The fraction of sp³-hybridized carbons (Fsp3) is 1.00. The molecule has 0 aliphatic heterocycles. The van der Waals surface area contributed by atoms with E-state index in [0.29, 0.717) is 5.41 Å². The third kappa shape index (κ3) is 2.98. The molecule has 2 nitrogen and oxygen atoms in total. The van der Waals surface area contributed by atoms with Crippen LogP contribution in [0.4, 0.5) is 0 Å². The third-order valence-electron chi connectivity index (χ3n) is 4.33. The van der Waals surface area contributed by atoms with E-state index in [1.54, 1.807) is 0 Å². The number of rotatable bonds is 7. The van der Waals surface area contributed by atoms with E-state index in [9.17, 15) is 0 Å². The van der Waals surface area contributed by atoms with Crippen molar-refractivity contribution in [2.75, 3.05) is 26.7 Å². The van der Waals surface area contributed by atoms with Gasteiger partial charge < -0.3 is 5.32 Å². The van der Waals surface area contributed by atoms with Crippen LogP contribution < -0.4 is 5.32 Å². The van der Waals surface area contributed by atoms with E-state index in [1.165, 1.54) is 64.6 Å². The average Bonchev–Trinajstić information content (AvgIpc) is 3.02. The summed E-state index contributed by atoms with van der Waals surface area (Å²) in [7, 11) is 2.11. The Bertz CT molecular complexity index is 205. The van der Waals surface area contributed by atoms with Crippen LogP contribution in [0.15, 0.2) is 0 Å². The molecule has 0 heterocycles. The third-order valence-corrected chi connectivity index (χ3v) is 4.33. The maximum atomic E-state index is 3.43. The summed E-state index contributed by atoms with van der Waals surface area (Å²) in [4.78, 5) is 2.78. The maximum absolute atomic E-state index is 3.43. The molecule has 94 valence electrons. The molecule has 0 atom stereocenters. The van der Waals surface area contributed by atoms with Crippen molar-refractivity contribution < 1.29 is 0 Å². The lowest BCUT2D eigenvalue weighted by molar-refractivity contribution is 0.144. The van der Waals surface area contributed by atoms with Gasteiger partial charge in [0.2, 0.25) is 0 Å². The molecule has 2 aliphatic rings. The summed E-state index contributed by atoms with van der Waals surface area (Å²) in [6, 6.07) is 0.939. The van der Waals surface area contributed by atoms with E-state index in [0.717, 1.165) is 6.04 Å². The van der Waals surface area contributed by atoms with Crippen LogP contribution in [0.2, 0.25) is 0 Å². The fourth-order valence-electron chi connectivity index (χ4n) is 3.44. The van der Waals surface area contributed by atoms with E-state index in [2.05, 4.69) is 24.2 Å². The van der Waals surface area contributed by atoms with E-state index >= 15 is 0 Å². The molecule has 2 heteroatoms. The molecule has 0 unspecified atom stereocenters. The predicted molar refractivity (Wildman–Crippen MR) is 69.7 cm³/mol. The number of hydrogen-bond acceptors (Lipinski definition) is 2. The quantitative estimate of drug-likeness (QED) is 0.715. The maximum Gasteiger partial charge on any atom is 0.00966 e. The van der Waals surface area contributed by atoms with Gasteiger partial charge in [0.05, 0.1) is 0 Å². The van der Waals surface area contributed by atoms with Crippen LogP contribution in [0.3, 0.4) is 0 Å². The van der Waals surface area contributed by atoms with Crippen LogP contribution in [0.1, 0.15) is 51.9 Å². The summed E-state index contributed by atoms with van der Waals surface area (Å²) < 4.78 is 0. The highest BCUT2D eigenvalue weighted by molar-refractivity contribution is 4.93. The van der Waals surface area contributed by atoms with Gasteiger partial charge in [-0.25, -0.2) is 0 Å². The van der Waals surface area contributed by atoms with Gasteiger partial charge in [-0.2, -0.15) is 0 Å². The molecule has 0 radical (unpaired) electrons. The summed E-state index contributed by atoms with van der Waals surface area (Å²) in [5.74, 6) is 0. The van der Waals surface area contributed by atoms with Gasteiger partial charge in [0.25, 0.3) is 0 Å².